The van der Waals surface area contributed by atoms with E-state index in [1.165, 1.54) is 11.8 Å². The van der Waals surface area contributed by atoms with Crippen LogP contribution in [0.2, 0.25) is 10.0 Å². The van der Waals surface area contributed by atoms with Crippen LogP contribution in [0.25, 0.3) is 0 Å². The molecule has 0 bridgehead atoms. The molecule has 30 heavy (non-hydrogen) atoms. The van der Waals surface area contributed by atoms with Gasteiger partial charge in [-0.3, -0.25) is 9.59 Å². The van der Waals surface area contributed by atoms with Crippen LogP contribution < -0.4 is 10.1 Å². The lowest BCUT2D eigenvalue weighted by Gasteiger charge is -2.28. The van der Waals surface area contributed by atoms with Crippen LogP contribution in [0.1, 0.15) is 25.0 Å². The molecule has 0 fully saturated rings. The quantitative estimate of drug-likeness (QED) is 0.544. The fourth-order valence-corrected chi connectivity index (χ4v) is 4.27. The molecule has 2 rings (SSSR count). The minimum absolute atomic E-state index is 0.111. The van der Waals surface area contributed by atoms with Gasteiger partial charge in [0.2, 0.25) is 11.8 Å². The van der Waals surface area contributed by atoms with E-state index in [0.717, 1.165) is 16.9 Å². The number of carbonyl (C=O) groups excluding carboxylic acids is 2. The molecule has 1 unspecified atom stereocenters. The van der Waals surface area contributed by atoms with Crippen molar-refractivity contribution in [3.8, 4) is 5.75 Å². The van der Waals surface area contributed by atoms with E-state index in [1.54, 1.807) is 31.1 Å². The summed E-state index contributed by atoms with van der Waals surface area (Å²) in [6.45, 7) is 4.44. The predicted molar refractivity (Wildman–Crippen MR) is 124 cm³/mol. The number of halogens is 2. The monoisotopic (exact) mass is 468 g/mol. The van der Waals surface area contributed by atoms with E-state index < -0.39 is 6.04 Å². The molecule has 0 aliphatic carbocycles. The maximum Gasteiger partial charge on any atom is 0.242 e. The molecule has 0 saturated heterocycles. The van der Waals surface area contributed by atoms with Crippen molar-refractivity contribution in [3.63, 3.8) is 0 Å². The van der Waals surface area contributed by atoms with Gasteiger partial charge in [0.05, 0.1) is 12.9 Å². The van der Waals surface area contributed by atoms with E-state index >= 15 is 0 Å². The number of likely N-dealkylation sites (N-methyl/N-ethyl adjacent to an activating group) is 1. The maximum atomic E-state index is 13.0. The highest BCUT2D eigenvalue weighted by molar-refractivity contribution is 7.99. The molecule has 0 aromatic heterocycles. The van der Waals surface area contributed by atoms with Gasteiger partial charge in [-0.15, -0.1) is 11.8 Å². The second-order valence-electron chi connectivity index (χ2n) is 6.67. The van der Waals surface area contributed by atoms with E-state index in [4.69, 9.17) is 27.9 Å². The Morgan fingerprint density at radius 3 is 2.47 bits per heavy atom. The lowest BCUT2D eigenvalue weighted by molar-refractivity contribution is -0.138. The first-order valence-corrected chi connectivity index (χ1v) is 11.5. The first-order chi connectivity index (χ1) is 14.3. The molecule has 0 spiro atoms. The van der Waals surface area contributed by atoms with Gasteiger partial charge in [-0.05, 0) is 49.2 Å². The van der Waals surface area contributed by atoms with E-state index in [1.807, 2.05) is 37.3 Å². The van der Waals surface area contributed by atoms with Crippen LogP contribution in [-0.4, -0.2) is 42.2 Å². The van der Waals surface area contributed by atoms with Crippen molar-refractivity contribution in [1.29, 1.82) is 0 Å². The van der Waals surface area contributed by atoms with Crippen LogP contribution >= 0.6 is 35.0 Å². The Bertz CT molecular complexity index is 862. The lowest BCUT2D eigenvalue weighted by Crippen LogP contribution is -2.48. The average molecular weight is 469 g/mol. The zero-order valence-corrected chi connectivity index (χ0v) is 19.6. The summed E-state index contributed by atoms with van der Waals surface area (Å²) in [7, 11) is 1.60. The number of benzene rings is 2. The molecule has 0 saturated carbocycles. The molecule has 1 N–H and O–H groups in total. The van der Waals surface area contributed by atoms with Crippen molar-refractivity contribution in [3.05, 3.63) is 63.6 Å². The minimum atomic E-state index is -0.584. The predicted octanol–water partition coefficient (Wildman–Crippen LogP) is 4.79. The topological polar surface area (TPSA) is 58.6 Å². The summed E-state index contributed by atoms with van der Waals surface area (Å²) in [5, 5.41) is 3.94. The van der Waals surface area contributed by atoms with Crippen LogP contribution in [0, 0.1) is 0 Å². The molecular formula is C22H26Cl2N2O3S. The first kappa shape index (κ1) is 24.4. The Hall–Kier alpha value is -1.89. The summed E-state index contributed by atoms with van der Waals surface area (Å²) in [4.78, 5) is 27.0. The molecule has 2 aromatic rings. The standard InChI is InChI=1S/C22H26Cl2N2O3S/c1-4-25-22(28)15(2)26(12-16-5-9-19(29-3)10-6-16)21(27)14-30-13-17-7-8-18(23)11-20(17)24/h5-11,15H,4,12-14H2,1-3H3,(H,25,28). The highest BCUT2D eigenvalue weighted by atomic mass is 35.5. The number of amides is 2. The fraction of sp³-hybridized carbons (Fsp3) is 0.364. The summed E-state index contributed by atoms with van der Waals surface area (Å²) < 4.78 is 5.18. The van der Waals surface area contributed by atoms with Gasteiger partial charge in [-0.1, -0.05) is 41.4 Å². The van der Waals surface area contributed by atoms with Crippen LogP contribution in [0.5, 0.6) is 5.75 Å². The van der Waals surface area contributed by atoms with Gasteiger partial charge in [-0.2, -0.15) is 0 Å². The summed E-state index contributed by atoms with van der Waals surface area (Å²) in [6.07, 6.45) is 0. The molecular weight excluding hydrogens is 443 g/mol. The maximum absolute atomic E-state index is 13.0. The van der Waals surface area contributed by atoms with Crippen molar-refractivity contribution in [2.24, 2.45) is 0 Å². The third-order valence-corrected chi connectivity index (χ3v) is 6.08. The smallest absolute Gasteiger partial charge is 0.242 e. The van der Waals surface area contributed by atoms with Gasteiger partial charge in [-0.25, -0.2) is 0 Å². The molecule has 0 radical (unpaired) electrons. The third kappa shape index (κ3) is 7.11. The van der Waals surface area contributed by atoms with E-state index in [-0.39, 0.29) is 17.6 Å². The van der Waals surface area contributed by atoms with Gasteiger partial charge in [0.1, 0.15) is 11.8 Å². The molecule has 0 aliphatic heterocycles. The average Bonchev–Trinajstić information content (AvgIpc) is 2.73. The van der Waals surface area contributed by atoms with E-state index in [0.29, 0.717) is 28.9 Å². The molecule has 2 amide bonds. The zero-order chi connectivity index (χ0) is 22.1. The Kier molecular flexibility index (Phi) is 9.82. The number of methoxy groups -OCH3 is 1. The number of ether oxygens (including phenoxy) is 1. The van der Waals surface area contributed by atoms with E-state index in [9.17, 15) is 9.59 Å². The molecule has 0 heterocycles. The Morgan fingerprint density at radius 2 is 1.87 bits per heavy atom. The second kappa shape index (κ2) is 12.1. The number of thioether (sulfide) groups is 1. The summed E-state index contributed by atoms with van der Waals surface area (Å²) in [5.74, 6) is 1.26. The van der Waals surface area contributed by atoms with Crippen molar-refractivity contribution in [2.45, 2.75) is 32.2 Å². The SMILES string of the molecule is CCNC(=O)C(C)N(Cc1ccc(OC)cc1)C(=O)CSCc1ccc(Cl)cc1Cl. The molecule has 8 heteroatoms. The second-order valence-corrected chi connectivity index (χ2v) is 8.50. The number of hydrogen-bond acceptors (Lipinski definition) is 4. The highest BCUT2D eigenvalue weighted by Gasteiger charge is 2.25. The van der Waals surface area contributed by atoms with Gasteiger partial charge < -0.3 is 15.0 Å². The van der Waals surface area contributed by atoms with Crippen molar-refractivity contribution in [1.82, 2.24) is 10.2 Å². The van der Waals surface area contributed by atoms with Crippen molar-refractivity contribution in [2.75, 3.05) is 19.4 Å². The van der Waals surface area contributed by atoms with E-state index in [2.05, 4.69) is 5.32 Å². The van der Waals surface area contributed by atoms with Crippen molar-refractivity contribution < 1.29 is 14.3 Å². The van der Waals surface area contributed by atoms with Gasteiger partial charge in [0.25, 0.3) is 0 Å². The Morgan fingerprint density at radius 1 is 1.17 bits per heavy atom. The van der Waals surface area contributed by atoms with Crippen LogP contribution in [0.15, 0.2) is 42.5 Å². The van der Waals surface area contributed by atoms with Gasteiger partial charge in [0.15, 0.2) is 0 Å². The molecule has 2 aromatic carbocycles. The first-order valence-electron chi connectivity index (χ1n) is 9.57. The Balaban J connectivity index is 2.07. The minimum Gasteiger partial charge on any atom is -0.497 e. The molecule has 0 aliphatic rings. The van der Waals surface area contributed by atoms with Crippen LogP contribution in [0.4, 0.5) is 0 Å². The molecule has 5 nitrogen and oxygen atoms in total. The van der Waals surface area contributed by atoms with Crippen LogP contribution in [0.3, 0.4) is 0 Å². The molecule has 162 valence electrons. The number of nitrogens with one attached hydrogen (secondary N) is 1. The third-order valence-electron chi connectivity index (χ3n) is 4.53. The number of carbonyl (C=O) groups is 2. The highest BCUT2D eigenvalue weighted by Crippen LogP contribution is 2.25. The van der Waals surface area contributed by atoms with Gasteiger partial charge in [0, 0.05) is 28.9 Å². The van der Waals surface area contributed by atoms with Crippen molar-refractivity contribution >= 4 is 46.8 Å². The summed E-state index contributed by atoms with van der Waals surface area (Å²) >= 11 is 13.6. The number of nitrogens with zero attached hydrogens (tertiary/aromatic N) is 1. The molecule has 1 atom stereocenters. The normalized spacial score (nSPS) is 11.6. The zero-order valence-electron chi connectivity index (χ0n) is 17.3. The lowest BCUT2D eigenvalue weighted by atomic mass is 10.1. The number of hydrogen-bond donors (Lipinski definition) is 1. The largest absolute Gasteiger partial charge is 0.497 e. The summed E-state index contributed by atoms with van der Waals surface area (Å²) in [5.41, 5.74) is 1.84. The van der Waals surface area contributed by atoms with Gasteiger partial charge >= 0.3 is 0 Å². The summed E-state index contributed by atoms with van der Waals surface area (Å²) in [6, 6.07) is 12.2. The number of rotatable bonds is 10. The fourth-order valence-electron chi connectivity index (χ4n) is 2.80. The van der Waals surface area contributed by atoms with Crippen LogP contribution in [-0.2, 0) is 21.9 Å². The Labute approximate surface area is 192 Å².